The van der Waals surface area contributed by atoms with E-state index < -0.39 is 17.2 Å². The van der Waals surface area contributed by atoms with Crippen LogP contribution in [0.2, 0.25) is 0 Å². The van der Waals surface area contributed by atoms with E-state index in [1.165, 1.54) is 0 Å². The highest BCUT2D eigenvalue weighted by atomic mass is 16.6. The molecule has 1 aliphatic carbocycles. The summed E-state index contributed by atoms with van der Waals surface area (Å²) in [6, 6.07) is 0. The summed E-state index contributed by atoms with van der Waals surface area (Å²) >= 11 is 0. The van der Waals surface area contributed by atoms with E-state index in [4.69, 9.17) is 15.9 Å². The Hall–Kier alpha value is -1.26. The second kappa shape index (κ2) is 5.39. The van der Waals surface area contributed by atoms with Crippen LogP contribution in [-0.4, -0.2) is 23.1 Å². The Bertz CT molecular complexity index is 362. The predicted molar refractivity (Wildman–Crippen MR) is 76.2 cm³/mol. The second-order valence-corrected chi connectivity index (χ2v) is 6.82. The first-order valence-corrected chi connectivity index (χ1v) is 6.91. The van der Waals surface area contributed by atoms with E-state index in [-0.39, 0.29) is 5.84 Å². The first-order chi connectivity index (χ1) is 8.56. The summed E-state index contributed by atoms with van der Waals surface area (Å²) in [5.41, 5.74) is 4.45. The number of alkyl carbamates (subject to hydrolysis) is 1. The van der Waals surface area contributed by atoms with Crippen LogP contribution in [0.25, 0.3) is 0 Å². The first kappa shape index (κ1) is 15.8. The van der Waals surface area contributed by atoms with Gasteiger partial charge >= 0.3 is 6.09 Å². The zero-order chi connectivity index (χ0) is 14.8. The van der Waals surface area contributed by atoms with Gasteiger partial charge in [-0.25, -0.2) is 4.79 Å². The van der Waals surface area contributed by atoms with Crippen molar-refractivity contribution in [3.63, 3.8) is 0 Å². The fourth-order valence-electron chi connectivity index (χ4n) is 2.54. The first-order valence-electron chi connectivity index (χ1n) is 6.91. The number of amides is 1. The Balaban J connectivity index is 2.79. The molecule has 1 aliphatic rings. The molecule has 4 N–H and O–H groups in total. The second-order valence-electron chi connectivity index (χ2n) is 6.82. The Morgan fingerprint density at radius 2 is 1.95 bits per heavy atom. The summed E-state index contributed by atoms with van der Waals surface area (Å²) in [4.78, 5) is 11.9. The molecule has 0 saturated heterocycles. The Morgan fingerprint density at radius 1 is 1.37 bits per heavy atom. The summed E-state index contributed by atoms with van der Waals surface area (Å²) in [7, 11) is 0. The molecule has 1 rings (SSSR count). The zero-order valence-corrected chi connectivity index (χ0v) is 12.7. The van der Waals surface area contributed by atoms with Gasteiger partial charge in [-0.1, -0.05) is 13.8 Å². The number of nitrogens with one attached hydrogen (secondary N) is 2. The molecule has 1 saturated carbocycles. The molecule has 0 aromatic rings. The SMILES string of the molecule is CC1CCC(NC(=O)OC(C)(C)C)(C(=N)N)CC1C. The van der Waals surface area contributed by atoms with Crippen molar-refractivity contribution in [3.8, 4) is 0 Å². The summed E-state index contributed by atoms with van der Waals surface area (Å²) in [6.07, 6.45) is 1.86. The van der Waals surface area contributed by atoms with Gasteiger partial charge in [-0.15, -0.1) is 0 Å². The summed E-state index contributed by atoms with van der Waals surface area (Å²) < 4.78 is 5.28. The molecule has 0 spiro atoms. The van der Waals surface area contributed by atoms with Crippen LogP contribution in [0.1, 0.15) is 53.9 Å². The number of hydrogen-bond acceptors (Lipinski definition) is 3. The van der Waals surface area contributed by atoms with Gasteiger partial charge in [-0.05, 0) is 51.9 Å². The topological polar surface area (TPSA) is 88.2 Å². The quantitative estimate of drug-likeness (QED) is 0.532. The van der Waals surface area contributed by atoms with Crippen LogP contribution < -0.4 is 11.1 Å². The van der Waals surface area contributed by atoms with Crippen molar-refractivity contribution in [2.45, 2.75) is 65.0 Å². The molecule has 1 amide bonds. The van der Waals surface area contributed by atoms with E-state index in [0.29, 0.717) is 24.7 Å². The summed E-state index contributed by atoms with van der Waals surface area (Å²) in [5.74, 6) is 1.04. The van der Waals surface area contributed by atoms with E-state index in [1.807, 2.05) is 20.8 Å². The van der Waals surface area contributed by atoms with Crippen LogP contribution in [0.3, 0.4) is 0 Å². The van der Waals surface area contributed by atoms with Crippen LogP contribution in [0.15, 0.2) is 0 Å². The molecule has 5 nitrogen and oxygen atoms in total. The molecular weight excluding hydrogens is 242 g/mol. The predicted octanol–water partition coefficient (Wildman–Crippen LogP) is 2.64. The lowest BCUT2D eigenvalue weighted by Gasteiger charge is -2.42. The fourth-order valence-corrected chi connectivity index (χ4v) is 2.54. The van der Waals surface area contributed by atoms with Crippen molar-refractivity contribution < 1.29 is 9.53 Å². The van der Waals surface area contributed by atoms with Crippen molar-refractivity contribution in [2.75, 3.05) is 0 Å². The van der Waals surface area contributed by atoms with Crippen LogP contribution >= 0.6 is 0 Å². The smallest absolute Gasteiger partial charge is 0.408 e. The number of carbonyl (C=O) groups excluding carboxylic acids is 1. The number of nitrogens with two attached hydrogens (primary N) is 1. The summed E-state index contributed by atoms with van der Waals surface area (Å²) in [5, 5.41) is 10.7. The van der Waals surface area contributed by atoms with Crippen molar-refractivity contribution >= 4 is 11.9 Å². The van der Waals surface area contributed by atoms with E-state index in [1.54, 1.807) is 0 Å². The highest BCUT2D eigenvalue weighted by Crippen LogP contribution is 2.36. The van der Waals surface area contributed by atoms with E-state index in [9.17, 15) is 4.79 Å². The van der Waals surface area contributed by atoms with Gasteiger partial charge in [0.05, 0.1) is 0 Å². The molecule has 0 aromatic heterocycles. The molecule has 0 bridgehead atoms. The molecule has 19 heavy (non-hydrogen) atoms. The molecule has 3 atom stereocenters. The van der Waals surface area contributed by atoms with Crippen LogP contribution in [0.4, 0.5) is 4.79 Å². The molecule has 5 heteroatoms. The van der Waals surface area contributed by atoms with Gasteiger partial charge in [0.25, 0.3) is 0 Å². The normalized spacial score (nSPS) is 31.6. The Kier molecular flexibility index (Phi) is 4.48. The molecule has 0 aromatic carbocycles. The molecule has 0 aliphatic heterocycles. The van der Waals surface area contributed by atoms with Crippen molar-refractivity contribution in [1.29, 1.82) is 5.41 Å². The third-order valence-electron chi connectivity index (χ3n) is 3.92. The van der Waals surface area contributed by atoms with Crippen LogP contribution in [-0.2, 0) is 4.74 Å². The van der Waals surface area contributed by atoms with E-state index in [2.05, 4.69) is 19.2 Å². The Labute approximate surface area is 115 Å². The number of amidine groups is 1. The number of hydrogen-bond donors (Lipinski definition) is 3. The number of carbonyl (C=O) groups is 1. The molecule has 110 valence electrons. The minimum Gasteiger partial charge on any atom is -0.444 e. The van der Waals surface area contributed by atoms with Gasteiger partial charge in [0.2, 0.25) is 0 Å². The fraction of sp³-hybridized carbons (Fsp3) is 0.857. The minimum atomic E-state index is -0.742. The van der Waals surface area contributed by atoms with Gasteiger partial charge in [-0.2, -0.15) is 0 Å². The van der Waals surface area contributed by atoms with Gasteiger partial charge in [-0.3, -0.25) is 5.41 Å². The van der Waals surface area contributed by atoms with E-state index in [0.717, 1.165) is 6.42 Å². The highest BCUT2D eigenvalue weighted by Gasteiger charge is 2.42. The average Bonchev–Trinajstić information content (AvgIpc) is 2.20. The Morgan fingerprint density at radius 3 is 2.37 bits per heavy atom. The maximum atomic E-state index is 11.9. The molecule has 1 fully saturated rings. The highest BCUT2D eigenvalue weighted by molar-refractivity contribution is 5.91. The van der Waals surface area contributed by atoms with E-state index >= 15 is 0 Å². The molecule has 0 radical (unpaired) electrons. The third-order valence-corrected chi connectivity index (χ3v) is 3.92. The van der Waals surface area contributed by atoms with Gasteiger partial charge in [0.15, 0.2) is 0 Å². The van der Waals surface area contributed by atoms with Crippen LogP contribution in [0.5, 0.6) is 0 Å². The number of ether oxygens (including phenoxy) is 1. The largest absolute Gasteiger partial charge is 0.444 e. The lowest BCUT2D eigenvalue weighted by atomic mass is 9.70. The minimum absolute atomic E-state index is 0.0251. The lowest BCUT2D eigenvalue weighted by Crippen LogP contribution is -2.60. The zero-order valence-electron chi connectivity index (χ0n) is 12.7. The van der Waals surface area contributed by atoms with Gasteiger partial charge in [0, 0.05) is 0 Å². The monoisotopic (exact) mass is 269 g/mol. The average molecular weight is 269 g/mol. The van der Waals surface area contributed by atoms with Crippen molar-refractivity contribution in [2.24, 2.45) is 17.6 Å². The number of rotatable bonds is 2. The van der Waals surface area contributed by atoms with Gasteiger partial charge < -0.3 is 15.8 Å². The third kappa shape index (κ3) is 4.11. The maximum absolute atomic E-state index is 11.9. The molecule has 3 unspecified atom stereocenters. The maximum Gasteiger partial charge on any atom is 0.408 e. The van der Waals surface area contributed by atoms with Crippen molar-refractivity contribution in [3.05, 3.63) is 0 Å². The lowest BCUT2D eigenvalue weighted by molar-refractivity contribution is 0.0440. The van der Waals surface area contributed by atoms with Gasteiger partial charge in [0.1, 0.15) is 17.0 Å². The standard InChI is InChI=1S/C14H27N3O2/c1-9-6-7-14(11(15)16,8-10(9)2)17-12(18)19-13(3,4)5/h9-10H,6-8H2,1-5H3,(H3,15,16)(H,17,18). The van der Waals surface area contributed by atoms with Crippen molar-refractivity contribution in [1.82, 2.24) is 5.32 Å². The summed E-state index contributed by atoms with van der Waals surface area (Å²) in [6.45, 7) is 9.79. The van der Waals surface area contributed by atoms with Crippen LogP contribution in [0, 0.1) is 17.2 Å². The molecule has 0 heterocycles. The molecular formula is C14H27N3O2.